The lowest BCUT2D eigenvalue weighted by molar-refractivity contribution is 0.140. The number of hydrogen-bond donors (Lipinski definition) is 1. The van der Waals surface area contributed by atoms with E-state index in [1.807, 2.05) is 24.3 Å². The zero-order chi connectivity index (χ0) is 13.4. The largest absolute Gasteiger partial charge is 0.493 e. The molecule has 18 heavy (non-hydrogen) atoms. The highest BCUT2D eigenvalue weighted by Crippen LogP contribution is 2.25. The van der Waals surface area contributed by atoms with Gasteiger partial charge in [-0.25, -0.2) is 0 Å². The van der Waals surface area contributed by atoms with Gasteiger partial charge < -0.3 is 14.6 Å². The van der Waals surface area contributed by atoms with Crippen molar-refractivity contribution in [2.24, 2.45) is 0 Å². The summed E-state index contributed by atoms with van der Waals surface area (Å²) in [4.78, 5) is 2.18. The maximum absolute atomic E-state index is 8.98. The average Bonchev–Trinajstić information content (AvgIpc) is 2.38. The van der Waals surface area contributed by atoms with Crippen LogP contribution in [0.15, 0.2) is 24.3 Å². The van der Waals surface area contributed by atoms with E-state index in [1.54, 1.807) is 7.11 Å². The van der Waals surface area contributed by atoms with Crippen molar-refractivity contribution in [3.8, 4) is 11.5 Å². The van der Waals surface area contributed by atoms with E-state index in [0.717, 1.165) is 18.0 Å². The van der Waals surface area contributed by atoms with Gasteiger partial charge in [-0.05, 0) is 26.0 Å². The Labute approximate surface area is 109 Å². The smallest absolute Gasteiger partial charge is 0.161 e. The van der Waals surface area contributed by atoms with E-state index in [2.05, 4.69) is 18.7 Å². The van der Waals surface area contributed by atoms with Crippen LogP contribution in [0.5, 0.6) is 11.5 Å². The van der Waals surface area contributed by atoms with Crippen LogP contribution in [0.4, 0.5) is 0 Å². The zero-order valence-electron chi connectivity index (χ0n) is 11.4. The van der Waals surface area contributed by atoms with Crippen molar-refractivity contribution in [3.05, 3.63) is 24.3 Å². The number of rotatable bonds is 8. The molecule has 4 nitrogen and oxygen atoms in total. The third-order valence-corrected chi connectivity index (χ3v) is 2.82. The highest BCUT2D eigenvalue weighted by atomic mass is 16.5. The second-order valence-electron chi connectivity index (χ2n) is 4.35. The zero-order valence-corrected chi connectivity index (χ0v) is 11.4. The van der Waals surface area contributed by atoms with E-state index < -0.39 is 0 Å². The molecule has 0 aromatic heterocycles. The molecule has 0 fully saturated rings. The normalized spacial score (nSPS) is 11.0. The van der Waals surface area contributed by atoms with Crippen LogP contribution in [0, 0.1) is 0 Å². The van der Waals surface area contributed by atoms with Gasteiger partial charge in [0.25, 0.3) is 0 Å². The van der Waals surface area contributed by atoms with Crippen LogP contribution >= 0.6 is 0 Å². The van der Waals surface area contributed by atoms with Crippen LogP contribution in [-0.2, 0) is 0 Å². The first-order valence-corrected chi connectivity index (χ1v) is 6.29. The van der Waals surface area contributed by atoms with Gasteiger partial charge in [0.1, 0.15) is 6.61 Å². The molecule has 102 valence electrons. The Balaban J connectivity index is 2.44. The van der Waals surface area contributed by atoms with E-state index >= 15 is 0 Å². The minimum Gasteiger partial charge on any atom is -0.493 e. The summed E-state index contributed by atoms with van der Waals surface area (Å²) in [6, 6.07) is 8.01. The van der Waals surface area contributed by atoms with Crippen LogP contribution in [0.2, 0.25) is 0 Å². The molecule has 0 aliphatic rings. The van der Waals surface area contributed by atoms with Gasteiger partial charge in [0.05, 0.1) is 13.7 Å². The summed E-state index contributed by atoms with van der Waals surface area (Å²) in [6.45, 7) is 6.44. The number of aliphatic hydroxyl groups is 1. The van der Waals surface area contributed by atoms with Crippen LogP contribution in [-0.4, -0.2) is 49.5 Å². The maximum Gasteiger partial charge on any atom is 0.161 e. The fourth-order valence-electron chi connectivity index (χ4n) is 1.77. The van der Waals surface area contributed by atoms with E-state index in [-0.39, 0.29) is 6.61 Å². The standard InChI is InChI=1S/C14H23NO3/c1-12(2)15(8-10-16)9-11-18-14-7-5-4-6-13(14)17-3/h4-7,12,16H,8-11H2,1-3H3. The molecule has 1 N–H and O–H groups in total. The van der Waals surface area contributed by atoms with Crippen molar-refractivity contribution in [3.63, 3.8) is 0 Å². The molecule has 0 spiro atoms. The Morgan fingerprint density at radius 1 is 1.17 bits per heavy atom. The first-order chi connectivity index (χ1) is 8.69. The fourth-order valence-corrected chi connectivity index (χ4v) is 1.77. The topological polar surface area (TPSA) is 41.9 Å². The summed E-state index contributed by atoms with van der Waals surface area (Å²) in [5.74, 6) is 1.50. The summed E-state index contributed by atoms with van der Waals surface area (Å²) in [7, 11) is 1.63. The molecule has 1 aromatic carbocycles. The summed E-state index contributed by atoms with van der Waals surface area (Å²) in [6.07, 6.45) is 0. The molecule has 0 saturated heterocycles. The Morgan fingerprint density at radius 3 is 2.39 bits per heavy atom. The van der Waals surface area contributed by atoms with Gasteiger partial charge in [0.2, 0.25) is 0 Å². The van der Waals surface area contributed by atoms with Crippen LogP contribution in [0.3, 0.4) is 0 Å². The molecule has 0 amide bonds. The molecule has 0 aliphatic carbocycles. The van der Waals surface area contributed by atoms with Crippen molar-refractivity contribution >= 4 is 0 Å². The molecule has 0 radical (unpaired) electrons. The van der Waals surface area contributed by atoms with Gasteiger partial charge in [-0.1, -0.05) is 12.1 Å². The minimum atomic E-state index is 0.173. The Hall–Kier alpha value is -1.26. The SMILES string of the molecule is COc1ccccc1OCCN(CCO)C(C)C. The van der Waals surface area contributed by atoms with E-state index in [9.17, 15) is 0 Å². The van der Waals surface area contributed by atoms with Crippen LogP contribution in [0.25, 0.3) is 0 Å². The van der Waals surface area contributed by atoms with Crippen LogP contribution < -0.4 is 9.47 Å². The number of aliphatic hydroxyl groups excluding tert-OH is 1. The van der Waals surface area contributed by atoms with Crippen molar-refractivity contribution in [2.45, 2.75) is 19.9 Å². The first-order valence-electron chi connectivity index (χ1n) is 6.29. The predicted molar refractivity (Wildman–Crippen MR) is 72.3 cm³/mol. The average molecular weight is 253 g/mol. The lowest BCUT2D eigenvalue weighted by Crippen LogP contribution is -2.36. The number of benzene rings is 1. The summed E-state index contributed by atoms with van der Waals surface area (Å²) in [5, 5.41) is 8.98. The summed E-state index contributed by atoms with van der Waals surface area (Å²) >= 11 is 0. The van der Waals surface area contributed by atoms with Gasteiger partial charge in [0.15, 0.2) is 11.5 Å². The molecule has 0 atom stereocenters. The van der Waals surface area contributed by atoms with E-state index in [0.29, 0.717) is 19.2 Å². The van der Waals surface area contributed by atoms with Gasteiger partial charge in [0, 0.05) is 19.1 Å². The first kappa shape index (κ1) is 14.8. The molecule has 0 heterocycles. The Bertz CT molecular complexity index is 342. The van der Waals surface area contributed by atoms with Crippen molar-refractivity contribution in [2.75, 3.05) is 33.4 Å². The number of nitrogens with zero attached hydrogens (tertiary/aromatic N) is 1. The fraction of sp³-hybridized carbons (Fsp3) is 0.571. The monoisotopic (exact) mass is 253 g/mol. The maximum atomic E-state index is 8.98. The Morgan fingerprint density at radius 2 is 1.83 bits per heavy atom. The lowest BCUT2D eigenvalue weighted by atomic mass is 10.3. The molecule has 0 saturated carbocycles. The minimum absolute atomic E-state index is 0.173. The predicted octanol–water partition coefficient (Wildman–Crippen LogP) is 1.78. The van der Waals surface area contributed by atoms with E-state index in [1.165, 1.54) is 0 Å². The second-order valence-corrected chi connectivity index (χ2v) is 4.35. The van der Waals surface area contributed by atoms with Gasteiger partial charge in [-0.15, -0.1) is 0 Å². The molecule has 4 heteroatoms. The lowest BCUT2D eigenvalue weighted by Gasteiger charge is -2.25. The summed E-state index contributed by atoms with van der Waals surface area (Å²) < 4.78 is 10.9. The number of para-hydroxylation sites is 2. The van der Waals surface area contributed by atoms with Crippen molar-refractivity contribution in [1.29, 1.82) is 0 Å². The van der Waals surface area contributed by atoms with Crippen molar-refractivity contribution in [1.82, 2.24) is 4.90 Å². The molecule has 0 bridgehead atoms. The number of ether oxygens (including phenoxy) is 2. The highest BCUT2D eigenvalue weighted by molar-refractivity contribution is 5.39. The second kappa shape index (κ2) is 7.95. The molecular formula is C14H23NO3. The summed E-state index contributed by atoms with van der Waals surface area (Å²) in [5.41, 5.74) is 0. The van der Waals surface area contributed by atoms with Crippen LogP contribution in [0.1, 0.15) is 13.8 Å². The molecule has 0 unspecified atom stereocenters. The quantitative estimate of drug-likeness (QED) is 0.767. The van der Waals surface area contributed by atoms with Gasteiger partial charge >= 0.3 is 0 Å². The molecule has 1 aromatic rings. The van der Waals surface area contributed by atoms with E-state index in [4.69, 9.17) is 14.6 Å². The third kappa shape index (κ3) is 4.55. The Kier molecular flexibility index (Phi) is 6.54. The molecule has 1 rings (SSSR count). The van der Waals surface area contributed by atoms with Gasteiger partial charge in [-0.3, -0.25) is 4.90 Å². The third-order valence-electron chi connectivity index (χ3n) is 2.82. The molecular weight excluding hydrogens is 230 g/mol. The number of hydrogen-bond acceptors (Lipinski definition) is 4. The molecule has 0 aliphatic heterocycles. The van der Waals surface area contributed by atoms with Crippen molar-refractivity contribution < 1.29 is 14.6 Å². The van der Waals surface area contributed by atoms with Gasteiger partial charge in [-0.2, -0.15) is 0 Å². The number of methoxy groups -OCH3 is 1. The highest BCUT2D eigenvalue weighted by Gasteiger charge is 2.09.